The van der Waals surface area contributed by atoms with Crippen LogP contribution in [0.2, 0.25) is 0 Å². The highest BCUT2D eigenvalue weighted by Crippen LogP contribution is 2.79. The molecule has 1 saturated heterocycles. The molecule has 0 aromatic heterocycles. The van der Waals surface area contributed by atoms with Gasteiger partial charge in [0.05, 0.1) is 25.7 Å². The van der Waals surface area contributed by atoms with Crippen LogP contribution in [-0.4, -0.2) is 56.5 Å². The summed E-state index contributed by atoms with van der Waals surface area (Å²) in [7, 11) is 3.30. The molecular weight excluding hydrogens is 382 g/mol. The predicted molar refractivity (Wildman–Crippen MR) is 109 cm³/mol. The third-order valence-electron chi connectivity index (χ3n) is 9.77. The second-order valence-electron chi connectivity index (χ2n) is 10.4. The Labute approximate surface area is 178 Å². The van der Waals surface area contributed by atoms with Crippen molar-refractivity contribution in [2.75, 3.05) is 33.9 Å². The number of carboxylic acid groups (broad SMARTS) is 1. The molecule has 1 aliphatic heterocycles. The van der Waals surface area contributed by atoms with Crippen molar-refractivity contribution in [3.63, 3.8) is 0 Å². The van der Waals surface area contributed by atoms with Crippen LogP contribution in [0.3, 0.4) is 0 Å². The Morgan fingerprint density at radius 2 is 2.07 bits per heavy atom. The molecule has 7 unspecified atom stereocenters. The van der Waals surface area contributed by atoms with Crippen LogP contribution in [0.5, 0.6) is 0 Å². The van der Waals surface area contributed by atoms with Crippen molar-refractivity contribution in [1.29, 1.82) is 0 Å². The van der Waals surface area contributed by atoms with Crippen LogP contribution in [0.1, 0.15) is 51.4 Å². The zero-order chi connectivity index (χ0) is 21.3. The third kappa shape index (κ3) is 2.21. The van der Waals surface area contributed by atoms with Crippen molar-refractivity contribution in [3.05, 3.63) is 11.1 Å². The number of aliphatic hydroxyl groups is 1. The first kappa shape index (κ1) is 20.5. The monoisotopic (exact) mass is 417 g/mol. The summed E-state index contributed by atoms with van der Waals surface area (Å²) in [6.45, 7) is 1.88. The van der Waals surface area contributed by atoms with E-state index in [1.807, 2.05) is 0 Å². The molecule has 5 aliphatic rings. The lowest BCUT2D eigenvalue weighted by Gasteiger charge is -2.62. The number of aliphatic imine (C=N–C) groups is 1. The van der Waals surface area contributed by atoms with Gasteiger partial charge in [0.1, 0.15) is 5.60 Å². The van der Waals surface area contributed by atoms with Crippen molar-refractivity contribution < 1.29 is 24.6 Å². The van der Waals surface area contributed by atoms with E-state index in [4.69, 9.17) is 10.5 Å². The number of carbonyl (C=O) groups is 1. The summed E-state index contributed by atoms with van der Waals surface area (Å²) in [4.78, 5) is 18.0. The van der Waals surface area contributed by atoms with Crippen LogP contribution < -0.4 is 15.7 Å². The molecule has 7 atom stereocenters. The molecule has 5 rings (SSSR count). The van der Waals surface area contributed by atoms with Gasteiger partial charge in [-0.15, -0.1) is 0 Å². The summed E-state index contributed by atoms with van der Waals surface area (Å²) in [5.41, 5.74) is 5.72. The fourth-order valence-corrected chi connectivity index (χ4v) is 9.23. The van der Waals surface area contributed by atoms with Crippen molar-refractivity contribution >= 4 is 11.9 Å². The smallest absolute Gasteiger partial charge is 0.293 e. The minimum atomic E-state index is -1.46. The van der Waals surface area contributed by atoms with Crippen molar-refractivity contribution in [1.82, 2.24) is 0 Å². The number of piperidine rings is 1. The molecule has 7 nitrogen and oxygen atoms in total. The number of quaternary nitrogens is 1. The van der Waals surface area contributed by atoms with E-state index in [1.165, 1.54) is 4.90 Å². The van der Waals surface area contributed by atoms with E-state index < -0.39 is 11.6 Å². The maximum Gasteiger partial charge on any atom is 0.293 e. The average molecular weight is 418 g/mol. The third-order valence-corrected chi connectivity index (χ3v) is 9.77. The van der Waals surface area contributed by atoms with E-state index in [9.17, 15) is 15.0 Å². The number of ether oxygens (including phenoxy) is 1. The summed E-state index contributed by atoms with van der Waals surface area (Å²) in [5.74, 6) is 0.201. The Morgan fingerprint density at radius 1 is 1.30 bits per heavy atom. The molecule has 1 heterocycles. The number of hydrogen-bond donors (Lipinski definition) is 3. The second-order valence-corrected chi connectivity index (χ2v) is 10.4. The summed E-state index contributed by atoms with van der Waals surface area (Å²) in [6, 6.07) is 0. The molecule has 4 N–H and O–H groups in total. The van der Waals surface area contributed by atoms with Crippen molar-refractivity contribution in [2.24, 2.45) is 39.3 Å². The number of nitrogens with two attached hydrogens (primary N) is 1. The van der Waals surface area contributed by atoms with Crippen LogP contribution in [-0.2, 0) is 9.53 Å². The maximum absolute atomic E-state index is 12.5. The molecule has 2 bridgehead atoms. The molecule has 4 fully saturated rings. The number of allylic oxidation sites excluding steroid dienone is 1. The first-order chi connectivity index (χ1) is 14.4. The number of guanidine groups is 1. The van der Waals surface area contributed by atoms with Gasteiger partial charge in [-0.1, -0.05) is 12.0 Å². The normalized spacial score (nSPS) is 47.6. The van der Waals surface area contributed by atoms with Gasteiger partial charge in [-0.2, -0.15) is 0 Å². The van der Waals surface area contributed by atoms with Gasteiger partial charge in [-0.3, -0.25) is 4.90 Å². The lowest BCUT2D eigenvalue weighted by molar-refractivity contribution is -0.826. The van der Waals surface area contributed by atoms with Crippen LogP contribution in [0.4, 0.5) is 0 Å². The highest BCUT2D eigenvalue weighted by atomic mass is 16.5. The van der Waals surface area contributed by atoms with E-state index in [0.29, 0.717) is 17.8 Å². The van der Waals surface area contributed by atoms with Crippen molar-refractivity contribution in [2.45, 2.75) is 57.0 Å². The minimum absolute atomic E-state index is 0.0226. The Kier molecular flexibility index (Phi) is 4.62. The van der Waals surface area contributed by atoms with Gasteiger partial charge in [0.2, 0.25) is 0 Å². The number of methoxy groups -OCH3 is 1. The lowest BCUT2D eigenvalue weighted by Crippen LogP contribution is -3.18. The van der Waals surface area contributed by atoms with Crippen molar-refractivity contribution in [3.8, 4) is 0 Å². The molecule has 7 heteroatoms. The molecule has 3 saturated carbocycles. The molecule has 166 valence electrons. The molecule has 0 amide bonds. The van der Waals surface area contributed by atoms with Crippen LogP contribution >= 0.6 is 0 Å². The first-order valence-electron chi connectivity index (χ1n) is 11.6. The number of rotatable bonds is 3. The maximum atomic E-state index is 12.5. The fraction of sp³-hybridized carbons (Fsp3) is 0.826. The van der Waals surface area contributed by atoms with Gasteiger partial charge in [0.25, 0.3) is 5.96 Å². The molecule has 0 radical (unpaired) electrons. The fourth-order valence-electron chi connectivity index (χ4n) is 9.23. The Morgan fingerprint density at radius 3 is 2.77 bits per heavy atom. The van der Waals surface area contributed by atoms with E-state index in [0.717, 1.165) is 70.0 Å². The van der Waals surface area contributed by atoms with Gasteiger partial charge in [-0.25, -0.2) is 4.99 Å². The predicted octanol–water partition coefficient (Wildman–Crippen LogP) is -0.750. The standard InChI is InChI=1S/C23H35N3O4/c1-25-20(24)26-10-4-9-21(12-26)15-8-7-14-5-3-6-17-22(29,13-30-2)18(19(27)28)16(11-15)23(14,17)21/h14-15,17,29H,3-13H2,1-2H3,(H2,24,25)(H,27,28). The quantitative estimate of drug-likeness (QED) is 0.413. The van der Waals surface area contributed by atoms with E-state index in [-0.39, 0.29) is 28.9 Å². The molecule has 4 aliphatic carbocycles. The molecular formula is C23H35N3O4. The van der Waals surface area contributed by atoms with E-state index in [1.54, 1.807) is 14.2 Å². The zero-order valence-electron chi connectivity index (χ0n) is 18.2. The topological polar surface area (TPSA) is 112 Å². The van der Waals surface area contributed by atoms with Gasteiger partial charge >= 0.3 is 0 Å². The molecule has 2 spiro atoms. The summed E-state index contributed by atoms with van der Waals surface area (Å²) in [6.07, 6.45) is 8.18. The summed E-state index contributed by atoms with van der Waals surface area (Å²) >= 11 is 0. The van der Waals surface area contributed by atoms with Gasteiger partial charge in [-0.05, 0) is 56.8 Å². The number of carboxylic acids is 1. The average Bonchev–Trinajstić information content (AvgIpc) is 3.00. The van der Waals surface area contributed by atoms with Gasteiger partial charge in [0.15, 0.2) is 0 Å². The number of nitrogens with zero attached hydrogens (tertiary/aromatic N) is 1. The molecule has 0 aromatic carbocycles. The Hall–Kier alpha value is -1.44. The summed E-state index contributed by atoms with van der Waals surface area (Å²) in [5, 5.41) is 24.4. The first-order valence-corrected chi connectivity index (χ1v) is 11.6. The van der Waals surface area contributed by atoms with Gasteiger partial charge in [0, 0.05) is 36.5 Å². The second kappa shape index (κ2) is 6.78. The number of hydrogen-bond acceptors (Lipinski definition) is 5. The number of likely N-dealkylation sites (tertiary alicyclic amines) is 1. The minimum Gasteiger partial charge on any atom is -0.545 e. The highest BCUT2D eigenvalue weighted by Gasteiger charge is 2.78. The Bertz CT molecular complexity index is 825. The highest BCUT2D eigenvalue weighted by molar-refractivity contribution is 5.90. The van der Waals surface area contributed by atoms with Crippen LogP contribution in [0.15, 0.2) is 16.1 Å². The molecule has 0 aromatic rings. The number of carbonyl (C=O) groups excluding carboxylic acids is 1. The van der Waals surface area contributed by atoms with Gasteiger partial charge < -0.3 is 25.5 Å². The lowest BCUT2D eigenvalue weighted by atomic mass is 9.42. The van der Waals surface area contributed by atoms with Crippen LogP contribution in [0.25, 0.3) is 0 Å². The van der Waals surface area contributed by atoms with Crippen LogP contribution in [0, 0.1) is 28.6 Å². The Balaban J connectivity index is 1.74. The van der Waals surface area contributed by atoms with E-state index in [2.05, 4.69) is 4.99 Å². The largest absolute Gasteiger partial charge is 0.545 e. The molecule has 30 heavy (non-hydrogen) atoms. The number of nitrogens with one attached hydrogen (secondary N) is 1. The zero-order valence-corrected chi connectivity index (χ0v) is 18.2. The SMILES string of the molecule is CN=C(N)[NH+]1CCCC2(C1)C1CCC3CCCC4C(O)(COC)C(C(=O)[O-])=C(C1)C342. The van der Waals surface area contributed by atoms with E-state index >= 15 is 0 Å². The number of aliphatic carboxylic acids is 1. The summed E-state index contributed by atoms with van der Waals surface area (Å²) < 4.78 is 5.43.